The molecule has 21 heavy (non-hydrogen) atoms. The molecule has 1 heterocycles. The first kappa shape index (κ1) is 15.1. The van der Waals surface area contributed by atoms with Crippen LogP contribution in [0.1, 0.15) is 12.5 Å². The van der Waals surface area contributed by atoms with E-state index in [2.05, 4.69) is 4.98 Å². The molecule has 0 aliphatic rings. The Labute approximate surface area is 119 Å². The number of likely N-dealkylation sites (N-methyl/N-ethyl adjacent to an activating group) is 1. The molecule has 2 N–H and O–H groups in total. The number of carbonyl (C=O) groups excluding carboxylic acids is 1. The van der Waals surface area contributed by atoms with Crippen molar-refractivity contribution in [2.24, 2.45) is 0 Å². The predicted octanol–water partition coefficient (Wildman–Crippen LogP) is 2.12. The van der Waals surface area contributed by atoms with Gasteiger partial charge in [-0.3, -0.25) is 4.79 Å². The Morgan fingerprint density at radius 3 is 2.67 bits per heavy atom. The number of rotatable bonds is 3. The van der Waals surface area contributed by atoms with Crippen molar-refractivity contribution in [1.29, 1.82) is 0 Å². The molecule has 0 fully saturated rings. The van der Waals surface area contributed by atoms with E-state index in [0.717, 1.165) is 12.1 Å². The Morgan fingerprint density at radius 1 is 1.43 bits per heavy atom. The molecule has 2 rings (SSSR count). The highest BCUT2D eigenvalue weighted by Crippen LogP contribution is 2.31. The van der Waals surface area contributed by atoms with Crippen LogP contribution < -0.4 is 5.73 Å². The lowest BCUT2D eigenvalue weighted by Gasteiger charge is -2.15. The van der Waals surface area contributed by atoms with Crippen molar-refractivity contribution in [3.05, 3.63) is 23.8 Å². The molecular weight excluding hydrogens is 285 g/mol. The maximum atomic E-state index is 12.7. The molecule has 2 aromatic rings. The molecule has 1 aromatic heterocycles. The lowest BCUT2D eigenvalue weighted by Crippen LogP contribution is -2.30. The molecule has 0 saturated heterocycles. The van der Waals surface area contributed by atoms with Crippen molar-refractivity contribution in [3.63, 3.8) is 0 Å². The second-order valence-electron chi connectivity index (χ2n) is 4.67. The van der Waals surface area contributed by atoms with Crippen LogP contribution in [-0.2, 0) is 17.5 Å². The molecule has 0 spiro atoms. The molecule has 0 aliphatic heterocycles. The highest BCUT2D eigenvalue weighted by Gasteiger charge is 2.31. The summed E-state index contributed by atoms with van der Waals surface area (Å²) in [4.78, 5) is 17.3. The number of hydrogen-bond donors (Lipinski definition) is 1. The fourth-order valence-corrected chi connectivity index (χ4v) is 1.92. The third-order valence-corrected chi connectivity index (χ3v) is 3.30. The van der Waals surface area contributed by atoms with Gasteiger partial charge in [0.2, 0.25) is 11.9 Å². The second-order valence-corrected chi connectivity index (χ2v) is 4.67. The minimum atomic E-state index is -4.44. The van der Waals surface area contributed by atoms with Gasteiger partial charge in [0.05, 0.1) is 16.6 Å². The fourth-order valence-electron chi connectivity index (χ4n) is 1.92. The van der Waals surface area contributed by atoms with Gasteiger partial charge in [0.25, 0.3) is 0 Å². The molecule has 0 atom stereocenters. The van der Waals surface area contributed by atoms with Gasteiger partial charge in [0, 0.05) is 13.6 Å². The third-order valence-electron chi connectivity index (χ3n) is 3.30. The topological polar surface area (TPSA) is 64.2 Å². The van der Waals surface area contributed by atoms with Crippen molar-refractivity contribution in [2.75, 3.05) is 19.3 Å². The number of carbonyl (C=O) groups is 1. The van der Waals surface area contributed by atoms with E-state index in [1.807, 2.05) is 6.92 Å². The number of nitrogens with zero attached hydrogens (tertiary/aromatic N) is 3. The number of benzene rings is 1. The molecular formula is C13H15F3N4O. The first-order valence-electron chi connectivity index (χ1n) is 6.31. The zero-order chi connectivity index (χ0) is 15.8. The average Bonchev–Trinajstić information content (AvgIpc) is 2.72. The first-order valence-corrected chi connectivity index (χ1v) is 6.31. The van der Waals surface area contributed by atoms with Crippen molar-refractivity contribution >= 4 is 22.9 Å². The molecule has 1 amide bonds. The van der Waals surface area contributed by atoms with Crippen molar-refractivity contribution in [1.82, 2.24) is 14.5 Å². The fraction of sp³-hybridized carbons (Fsp3) is 0.385. The Morgan fingerprint density at radius 2 is 2.10 bits per heavy atom. The number of hydrogen-bond acceptors (Lipinski definition) is 3. The summed E-state index contributed by atoms with van der Waals surface area (Å²) in [6.07, 6.45) is -4.44. The molecule has 0 bridgehead atoms. The number of halogens is 3. The van der Waals surface area contributed by atoms with Crippen LogP contribution in [0.2, 0.25) is 0 Å². The molecule has 0 unspecified atom stereocenters. The minimum absolute atomic E-state index is 0.0159. The average molecular weight is 300 g/mol. The summed E-state index contributed by atoms with van der Waals surface area (Å²) >= 11 is 0. The van der Waals surface area contributed by atoms with Gasteiger partial charge in [0.1, 0.15) is 6.54 Å². The SMILES string of the molecule is CCN(C)C(=O)Cn1c(N)nc2cc(C(F)(F)F)ccc21. The van der Waals surface area contributed by atoms with Crippen LogP contribution in [-0.4, -0.2) is 34.0 Å². The highest BCUT2D eigenvalue weighted by molar-refractivity contribution is 5.83. The normalized spacial score (nSPS) is 11.9. The van der Waals surface area contributed by atoms with Gasteiger partial charge >= 0.3 is 6.18 Å². The van der Waals surface area contributed by atoms with Crippen LogP contribution in [0.15, 0.2) is 18.2 Å². The predicted molar refractivity (Wildman–Crippen MR) is 72.5 cm³/mol. The monoisotopic (exact) mass is 300 g/mol. The van der Waals surface area contributed by atoms with Crippen LogP contribution in [0.5, 0.6) is 0 Å². The molecule has 0 saturated carbocycles. The van der Waals surface area contributed by atoms with Crippen molar-refractivity contribution < 1.29 is 18.0 Å². The Hall–Kier alpha value is -2.25. The summed E-state index contributed by atoms with van der Waals surface area (Å²) in [6.45, 7) is 2.30. The van der Waals surface area contributed by atoms with Gasteiger partial charge in [-0.15, -0.1) is 0 Å². The highest BCUT2D eigenvalue weighted by atomic mass is 19.4. The van der Waals surface area contributed by atoms with Crippen LogP contribution in [0.3, 0.4) is 0 Å². The van der Waals surface area contributed by atoms with Gasteiger partial charge in [0.15, 0.2) is 0 Å². The van der Waals surface area contributed by atoms with Gasteiger partial charge in [-0.05, 0) is 25.1 Å². The maximum Gasteiger partial charge on any atom is 0.416 e. The van der Waals surface area contributed by atoms with Crippen LogP contribution in [0.4, 0.5) is 19.1 Å². The largest absolute Gasteiger partial charge is 0.416 e. The van der Waals surface area contributed by atoms with E-state index in [1.54, 1.807) is 7.05 Å². The van der Waals surface area contributed by atoms with Gasteiger partial charge in [-0.25, -0.2) is 4.98 Å². The number of amides is 1. The standard InChI is InChI=1S/C13H15F3N4O/c1-3-19(2)11(21)7-20-10-5-4-8(13(14,15)16)6-9(10)18-12(20)17/h4-6H,3,7H2,1-2H3,(H2,17,18). The Bertz CT molecular complexity index is 678. The molecule has 0 radical (unpaired) electrons. The summed E-state index contributed by atoms with van der Waals surface area (Å²) in [5.74, 6) is -0.175. The molecule has 5 nitrogen and oxygen atoms in total. The van der Waals surface area contributed by atoms with Crippen molar-refractivity contribution in [2.45, 2.75) is 19.6 Å². The van der Waals surface area contributed by atoms with E-state index < -0.39 is 11.7 Å². The van der Waals surface area contributed by atoms with Gasteiger partial charge < -0.3 is 15.2 Å². The van der Waals surface area contributed by atoms with E-state index in [0.29, 0.717) is 12.1 Å². The molecule has 8 heteroatoms. The van der Waals surface area contributed by atoms with E-state index in [1.165, 1.54) is 15.5 Å². The molecule has 1 aromatic carbocycles. The Balaban J connectivity index is 2.42. The first-order chi connectivity index (χ1) is 9.74. The number of aromatic nitrogens is 2. The van der Waals surface area contributed by atoms with Crippen LogP contribution in [0, 0.1) is 0 Å². The summed E-state index contributed by atoms with van der Waals surface area (Å²) < 4.78 is 39.4. The summed E-state index contributed by atoms with van der Waals surface area (Å²) in [6, 6.07) is 3.16. The number of anilines is 1. The minimum Gasteiger partial charge on any atom is -0.369 e. The number of alkyl halides is 3. The number of nitrogen functional groups attached to an aromatic ring is 1. The van der Waals surface area contributed by atoms with E-state index in [4.69, 9.17) is 5.73 Å². The van der Waals surface area contributed by atoms with Crippen LogP contribution in [0.25, 0.3) is 11.0 Å². The zero-order valence-electron chi connectivity index (χ0n) is 11.6. The maximum absolute atomic E-state index is 12.7. The lowest BCUT2D eigenvalue weighted by atomic mass is 10.2. The van der Waals surface area contributed by atoms with E-state index in [-0.39, 0.29) is 23.9 Å². The summed E-state index contributed by atoms with van der Waals surface area (Å²) in [7, 11) is 1.64. The van der Waals surface area contributed by atoms with E-state index >= 15 is 0 Å². The molecule has 0 aliphatic carbocycles. The smallest absolute Gasteiger partial charge is 0.369 e. The summed E-state index contributed by atoms with van der Waals surface area (Å²) in [5.41, 5.74) is 5.43. The van der Waals surface area contributed by atoms with Gasteiger partial charge in [-0.2, -0.15) is 13.2 Å². The number of imidazole rings is 1. The summed E-state index contributed by atoms with van der Waals surface area (Å²) in [5, 5.41) is 0. The van der Waals surface area contributed by atoms with E-state index in [9.17, 15) is 18.0 Å². The third kappa shape index (κ3) is 2.93. The lowest BCUT2D eigenvalue weighted by molar-refractivity contribution is -0.137. The van der Waals surface area contributed by atoms with Crippen LogP contribution >= 0.6 is 0 Å². The number of nitrogens with two attached hydrogens (primary N) is 1. The number of fused-ring (bicyclic) bond motifs is 1. The van der Waals surface area contributed by atoms with Crippen molar-refractivity contribution in [3.8, 4) is 0 Å². The zero-order valence-corrected chi connectivity index (χ0v) is 11.6. The van der Waals surface area contributed by atoms with Gasteiger partial charge in [-0.1, -0.05) is 0 Å². The molecule has 114 valence electrons. The Kier molecular flexibility index (Phi) is 3.80. The second kappa shape index (κ2) is 5.27. The quantitative estimate of drug-likeness (QED) is 0.944.